The van der Waals surface area contributed by atoms with Gasteiger partial charge < -0.3 is 15.7 Å². The number of aliphatic hydroxyl groups excluding tert-OH is 1. The number of hydrogen-bond donors (Lipinski definition) is 3. The van der Waals surface area contributed by atoms with Crippen molar-refractivity contribution in [2.45, 2.75) is 45.7 Å². The third kappa shape index (κ3) is 4.70. The molecular formula is C23H28N6OS. The van der Waals surface area contributed by atoms with Gasteiger partial charge in [-0.2, -0.15) is 30.9 Å². The van der Waals surface area contributed by atoms with Gasteiger partial charge in [0.05, 0.1) is 18.8 Å². The lowest BCUT2D eigenvalue weighted by atomic mass is 10.1. The summed E-state index contributed by atoms with van der Waals surface area (Å²) < 4.78 is 1.75. The molecule has 31 heavy (non-hydrogen) atoms. The standard InChI is InChI=1S/C23H28N6OS/c1-4-19(13-30)26-22-27-21-20(15(2)3)12-25-29(21)23(28-22)24-11-16-5-7-17(8-6-16)18-9-10-31-14-18/h5-10,12,14-15,19,30H,4,11,13H2,1-3H3,(H2,24,26,27,28). The van der Waals surface area contributed by atoms with E-state index in [1.54, 1.807) is 15.9 Å². The molecule has 0 radical (unpaired) electrons. The summed E-state index contributed by atoms with van der Waals surface area (Å²) in [5.41, 5.74) is 5.44. The van der Waals surface area contributed by atoms with Crippen LogP contribution in [0.25, 0.3) is 16.8 Å². The maximum Gasteiger partial charge on any atom is 0.229 e. The summed E-state index contributed by atoms with van der Waals surface area (Å²) in [4.78, 5) is 9.32. The number of benzene rings is 1. The molecule has 0 fully saturated rings. The normalized spacial score (nSPS) is 12.4. The number of aliphatic hydroxyl groups is 1. The van der Waals surface area contributed by atoms with Crippen LogP contribution >= 0.6 is 11.3 Å². The summed E-state index contributed by atoms with van der Waals surface area (Å²) in [5, 5.41) is 25.0. The molecule has 7 nitrogen and oxygen atoms in total. The number of hydrogen-bond acceptors (Lipinski definition) is 7. The smallest absolute Gasteiger partial charge is 0.229 e. The number of thiophene rings is 1. The molecule has 1 atom stereocenters. The molecule has 0 amide bonds. The molecule has 0 bridgehead atoms. The van der Waals surface area contributed by atoms with Crippen molar-refractivity contribution in [3.63, 3.8) is 0 Å². The minimum Gasteiger partial charge on any atom is -0.394 e. The largest absolute Gasteiger partial charge is 0.394 e. The van der Waals surface area contributed by atoms with Crippen molar-refractivity contribution in [2.75, 3.05) is 17.2 Å². The van der Waals surface area contributed by atoms with Crippen molar-refractivity contribution >= 4 is 28.9 Å². The highest BCUT2D eigenvalue weighted by atomic mass is 32.1. The van der Waals surface area contributed by atoms with E-state index in [2.05, 4.69) is 80.6 Å². The Hall–Kier alpha value is -2.97. The molecule has 4 aromatic rings. The third-order valence-corrected chi connectivity index (χ3v) is 6.01. The zero-order valence-corrected chi connectivity index (χ0v) is 18.9. The molecule has 0 aliphatic heterocycles. The first-order valence-electron chi connectivity index (χ1n) is 10.6. The fourth-order valence-electron chi connectivity index (χ4n) is 3.37. The van der Waals surface area contributed by atoms with E-state index in [4.69, 9.17) is 0 Å². The van der Waals surface area contributed by atoms with Crippen LogP contribution in [0.5, 0.6) is 0 Å². The highest BCUT2D eigenvalue weighted by molar-refractivity contribution is 7.08. The van der Waals surface area contributed by atoms with E-state index >= 15 is 0 Å². The van der Waals surface area contributed by atoms with Crippen LogP contribution in [0.1, 0.15) is 44.2 Å². The van der Waals surface area contributed by atoms with Crippen LogP contribution in [-0.4, -0.2) is 37.3 Å². The zero-order chi connectivity index (χ0) is 21.8. The van der Waals surface area contributed by atoms with Gasteiger partial charge in [-0.15, -0.1) is 0 Å². The van der Waals surface area contributed by atoms with Crippen LogP contribution < -0.4 is 10.6 Å². The minimum atomic E-state index is -0.0922. The second-order valence-corrected chi connectivity index (χ2v) is 8.64. The Balaban J connectivity index is 1.59. The van der Waals surface area contributed by atoms with Crippen LogP contribution in [0.2, 0.25) is 0 Å². The molecule has 162 valence electrons. The summed E-state index contributed by atoms with van der Waals surface area (Å²) in [6.07, 6.45) is 2.63. The van der Waals surface area contributed by atoms with E-state index in [1.807, 2.05) is 13.1 Å². The SMILES string of the molecule is CCC(CO)Nc1nc(NCc2ccc(-c3ccsc3)cc2)n2ncc(C(C)C)c2n1. The molecule has 0 saturated carbocycles. The maximum absolute atomic E-state index is 9.57. The number of rotatable bonds is 9. The van der Waals surface area contributed by atoms with Gasteiger partial charge in [-0.1, -0.05) is 45.0 Å². The van der Waals surface area contributed by atoms with Gasteiger partial charge >= 0.3 is 0 Å². The predicted octanol–water partition coefficient (Wildman–Crippen LogP) is 4.77. The van der Waals surface area contributed by atoms with Crippen molar-refractivity contribution in [2.24, 2.45) is 0 Å². The van der Waals surface area contributed by atoms with E-state index < -0.39 is 0 Å². The lowest BCUT2D eigenvalue weighted by Gasteiger charge is -2.16. The first kappa shape index (κ1) is 21.3. The molecule has 1 unspecified atom stereocenters. The summed E-state index contributed by atoms with van der Waals surface area (Å²) in [6, 6.07) is 10.6. The van der Waals surface area contributed by atoms with Crippen molar-refractivity contribution in [3.8, 4) is 11.1 Å². The predicted molar refractivity (Wildman–Crippen MR) is 127 cm³/mol. The molecule has 4 rings (SSSR count). The lowest BCUT2D eigenvalue weighted by molar-refractivity contribution is 0.271. The molecule has 0 saturated heterocycles. The second kappa shape index (κ2) is 9.45. The van der Waals surface area contributed by atoms with Gasteiger partial charge in [0.25, 0.3) is 0 Å². The molecule has 1 aromatic carbocycles. The average Bonchev–Trinajstić information content (AvgIpc) is 3.46. The molecule has 0 aliphatic carbocycles. The van der Waals surface area contributed by atoms with Gasteiger partial charge in [-0.3, -0.25) is 0 Å². The van der Waals surface area contributed by atoms with Crippen molar-refractivity contribution in [1.29, 1.82) is 0 Å². The van der Waals surface area contributed by atoms with E-state index in [0.717, 1.165) is 23.2 Å². The highest BCUT2D eigenvalue weighted by Gasteiger charge is 2.16. The first-order chi connectivity index (χ1) is 15.1. The van der Waals surface area contributed by atoms with E-state index in [1.165, 1.54) is 11.1 Å². The second-order valence-electron chi connectivity index (χ2n) is 7.86. The molecule has 0 aliphatic rings. The van der Waals surface area contributed by atoms with E-state index in [-0.39, 0.29) is 18.6 Å². The van der Waals surface area contributed by atoms with Gasteiger partial charge in [-0.25, -0.2) is 0 Å². The van der Waals surface area contributed by atoms with Crippen molar-refractivity contribution < 1.29 is 5.11 Å². The lowest BCUT2D eigenvalue weighted by Crippen LogP contribution is -2.24. The van der Waals surface area contributed by atoms with Gasteiger partial charge in [0, 0.05) is 12.1 Å². The molecule has 3 N–H and O–H groups in total. The maximum atomic E-state index is 9.57. The Bertz CT molecular complexity index is 1120. The van der Waals surface area contributed by atoms with Crippen LogP contribution in [0.15, 0.2) is 47.3 Å². The number of anilines is 2. The summed E-state index contributed by atoms with van der Waals surface area (Å²) in [5.74, 6) is 1.40. The zero-order valence-electron chi connectivity index (χ0n) is 18.0. The quantitative estimate of drug-likeness (QED) is 0.350. The Morgan fingerprint density at radius 3 is 2.55 bits per heavy atom. The van der Waals surface area contributed by atoms with Gasteiger partial charge in [0.2, 0.25) is 11.9 Å². The van der Waals surface area contributed by atoms with Gasteiger partial charge in [0.15, 0.2) is 5.65 Å². The van der Waals surface area contributed by atoms with Gasteiger partial charge in [-0.05, 0) is 45.9 Å². The molecular weight excluding hydrogens is 408 g/mol. The number of aromatic nitrogens is 4. The summed E-state index contributed by atoms with van der Waals surface area (Å²) in [6.45, 7) is 6.90. The molecule has 3 heterocycles. The fourth-order valence-corrected chi connectivity index (χ4v) is 4.03. The Morgan fingerprint density at radius 2 is 1.90 bits per heavy atom. The molecule has 8 heteroatoms. The molecule has 3 aromatic heterocycles. The topological polar surface area (TPSA) is 87.4 Å². The van der Waals surface area contributed by atoms with Crippen molar-refractivity contribution in [3.05, 3.63) is 58.4 Å². The Labute approximate surface area is 186 Å². The van der Waals surface area contributed by atoms with Crippen molar-refractivity contribution in [1.82, 2.24) is 19.6 Å². The van der Waals surface area contributed by atoms with E-state index in [9.17, 15) is 5.11 Å². The minimum absolute atomic E-state index is 0.0284. The van der Waals surface area contributed by atoms with Crippen LogP contribution in [0, 0.1) is 0 Å². The number of fused-ring (bicyclic) bond motifs is 1. The third-order valence-electron chi connectivity index (χ3n) is 5.32. The first-order valence-corrected chi connectivity index (χ1v) is 11.5. The highest BCUT2D eigenvalue weighted by Crippen LogP contribution is 2.24. The monoisotopic (exact) mass is 436 g/mol. The van der Waals surface area contributed by atoms with Gasteiger partial charge in [0.1, 0.15) is 0 Å². The Morgan fingerprint density at radius 1 is 1.10 bits per heavy atom. The van der Waals surface area contributed by atoms with Crippen LogP contribution in [0.3, 0.4) is 0 Å². The fraction of sp³-hybridized carbons (Fsp3) is 0.348. The average molecular weight is 437 g/mol. The number of nitrogens with one attached hydrogen (secondary N) is 2. The van der Waals surface area contributed by atoms with E-state index in [0.29, 0.717) is 18.4 Å². The summed E-state index contributed by atoms with van der Waals surface area (Å²) in [7, 11) is 0. The molecule has 0 spiro atoms. The Kier molecular flexibility index (Phi) is 6.48. The summed E-state index contributed by atoms with van der Waals surface area (Å²) >= 11 is 1.70. The van der Waals surface area contributed by atoms with Crippen LogP contribution in [-0.2, 0) is 6.54 Å². The van der Waals surface area contributed by atoms with Crippen LogP contribution in [0.4, 0.5) is 11.9 Å². The number of nitrogens with zero attached hydrogens (tertiary/aromatic N) is 4.